The van der Waals surface area contributed by atoms with Gasteiger partial charge in [-0.2, -0.15) is 0 Å². The van der Waals surface area contributed by atoms with E-state index in [2.05, 4.69) is 31.0 Å². The van der Waals surface area contributed by atoms with Crippen LogP contribution in [0.2, 0.25) is 0 Å². The number of nitrogens with zero attached hydrogens (tertiary/aromatic N) is 1. The molecule has 0 aliphatic carbocycles. The number of aromatic nitrogens is 1. The normalized spacial score (nSPS) is 11.3. The van der Waals surface area contributed by atoms with Gasteiger partial charge in [0.25, 0.3) is 0 Å². The molecule has 0 radical (unpaired) electrons. The van der Waals surface area contributed by atoms with Crippen molar-refractivity contribution in [2.75, 3.05) is 5.75 Å². The first-order chi connectivity index (χ1) is 8.56. The van der Waals surface area contributed by atoms with Crippen molar-refractivity contribution in [1.29, 1.82) is 0 Å². The molecule has 1 aromatic heterocycles. The quantitative estimate of drug-likeness (QED) is 0.842. The third-order valence-electron chi connectivity index (χ3n) is 2.60. The molecular weight excluding hydrogens is 266 g/mol. The van der Waals surface area contributed by atoms with Crippen molar-refractivity contribution in [3.8, 4) is 0 Å². The Labute approximate surface area is 114 Å². The average Bonchev–Trinajstić information content (AvgIpc) is 2.69. The second-order valence-corrected chi connectivity index (χ2v) is 6.73. The third kappa shape index (κ3) is 3.23. The van der Waals surface area contributed by atoms with Crippen molar-refractivity contribution in [2.45, 2.75) is 30.5 Å². The number of aliphatic carboxylic acids is 1. The molecule has 0 fully saturated rings. The zero-order chi connectivity index (χ0) is 13.1. The number of hydrogen-bond acceptors (Lipinski definition) is 4. The predicted octanol–water partition coefficient (Wildman–Crippen LogP) is 3.99. The molecule has 0 bridgehead atoms. The largest absolute Gasteiger partial charge is 0.481 e. The Morgan fingerprint density at radius 1 is 1.50 bits per heavy atom. The zero-order valence-corrected chi connectivity index (χ0v) is 12.0. The van der Waals surface area contributed by atoms with E-state index in [0.717, 1.165) is 9.86 Å². The summed E-state index contributed by atoms with van der Waals surface area (Å²) in [5.41, 5.74) is 2.32. The van der Waals surface area contributed by atoms with Crippen LogP contribution in [0.4, 0.5) is 0 Å². The summed E-state index contributed by atoms with van der Waals surface area (Å²) in [4.78, 5) is 14.9. The Morgan fingerprint density at radius 2 is 2.28 bits per heavy atom. The number of thioether (sulfide) groups is 1. The molecule has 0 aliphatic heterocycles. The second-order valence-electron chi connectivity index (χ2n) is 4.35. The van der Waals surface area contributed by atoms with E-state index in [-0.39, 0.29) is 6.42 Å². The van der Waals surface area contributed by atoms with Crippen LogP contribution in [-0.2, 0) is 4.79 Å². The number of carboxylic acids is 1. The highest BCUT2D eigenvalue weighted by Gasteiger charge is 2.07. The van der Waals surface area contributed by atoms with Gasteiger partial charge in [0.15, 0.2) is 4.34 Å². The minimum atomic E-state index is -0.759. The number of thiazole rings is 1. The Bertz CT molecular complexity index is 563. The molecule has 0 aliphatic rings. The monoisotopic (exact) mass is 281 g/mol. The van der Waals surface area contributed by atoms with E-state index in [9.17, 15) is 4.79 Å². The molecular formula is C13H15NO2S2. The summed E-state index contributed by atoms with van der Waals surface area (Å²) in [6, 6.07) is 6.33. The minimum Gasteiger partial charge on any atom is -0.481 e. The predicted molar refractivity (Wildman–Crippen MR) is 76.7 cm³/mol. The number of rotatable bonds is 5. The van der Waals surface area contributed by atoms with Crippen molar-refractivity contribution in [3.05, 3.63) is 23.8 Å². The molecule has 1 aromatic carbocycles. The molecule has 1 heterocycles. The molecule has 2 rings (SSSR count). The van der Waals surface area contributed by atoms with Crippen molar-refractivity contribution in [1.82, 2.24) is 4.98 Å². The summed E-state index contributed by atoms with van der Waals surface area (Å²) in [6.45, 7) is 4.34. The van der Waals surface area contributed by atoms with Crippen molar-refractivity contribution in [2.24, 2.45) is 0 Å². The van der Waals surface area contributed by atoms with Crippen LogP contribution in [-0.4, -0.2) is 21.8 Å². The SMILES string of the molecule is CC(C)c1ccc2nc(SCCC(=O)O)sc2c1. The maximum atomic E-state index is 10.5. The smallest absolute Gasteiger partial charge is 0.304 e. The van der Waals surface area contributed by atoms with Gasteiger partial charge in [0, 0.05) is 5.75 Å². The van der Waals surface area contributed by atoms with Gasteiger partial charge in [0.1, 0.15) is 0 Å². The topological polar surface area (TPSA) is 50.2 Å². The summed E-state index contributed by atoms with van der Waals surface area (Å²) in [5, 5.41) is 8.60. The van der Waals surface area contributed by atoms with Gasteiger partial charge in [-0.1, -0.05) is 31.7 Å². The number of fused-ring (bicyclic) bond motifs is 1. The molecule has 3 nitrogen and oxygen atoms in total. The summed E-state index contributed by atoms with van der Waals surface area (Å²) < 4.78 is 2.13. The number of benzene rings is 1. The Hall–Kier alpha value is -1.07. The highest BCUT2D eigenvalue weighted by atomic mass is 32.2. The van der Waals surface area contributed by atoms with Gasteiger partial charge in [0.2, 0.25) is 0 Å². The summed E-state index contributed by atoms with van der Waals surface area (Å²) >= 11 is 3.15. The summed E-state index contributed by atoms with van der Waals surface area (Å²) in [7, 11) is 0. The highest BCUT2D eigenvalue weighted by Crippen LogP contribution is 2.31. The molecule has 0 amide bonds. The number of carbonyl (C=O) groups is 1. The molecule has 0 unspecified atom stereocenters. The van der Waals surface area contributed by atoms with Crippen LogP contribution < -0.4 is 0 Å². The van der Waals surface area contributed by atoms with E-state index in [1.807, 2.05) is 6.07 Å². The Balaban J connectivity index is 2.14. The molecule has 5 heteroatoms. The van der Waals surface area contributed by atoms with Crippen LogP contribution in [0.25, 0.3) is 10.2 Å². The fourth-order valence-electron chi connectivity index (χ4n) is 1.57. The summed E-state index contributed by atoms with van der Waals surface area (Å²) in [5.74, 6) is 0.331. The molecule has 1 N–H and O–H groups in total. The van der Waals surface area contributed by atoms with Crippen LogP contribution in [0.1, 0.15) is 31.7 Å². The van der Waals surface area contributed by atoms with Crippen molar-refractivity contribution in [3.63, 3.8) is 0 Å². The minimum absolute atomic E-state index is 0.178. The first kappa shape index (κ1) is 13.4. The van der Waals surface area contributed by atoms with Crippen LogP contribution in [0, 0.1) is 0 Å². The molecule has 2 aromatic rings. The first-order valence-electron chi connectivity index (χ1n) is 5.81. The van der Waals surface area contributed by atoms with E-state index in [1.54, 1.807) is 11.3 Å². The third-order valence-corrected chi connectivity index (χ3v) is 4.76. The lowest BCUT2D eigenvalue weighted by Crippen LogP contribution is -1.95. The Morgan fingerprint density at radius 3 is 2.94 bits per heavy atom. The zero-order valence-electron chi connectivity index (χ0n) is 10.3. The lowest BCUT2D eigenvalue weighted by atomic mass is 10.0. The lowest BCUT2D eigenvalue weighted by molar-refractivity contribution is -0.136. The van der Waals surface area contributed by atoms with Gasteiger partial charge < -0.3 is 5.11 Å². The van der Waals surface area contributed by atoms with E-state index in [0.29, 0.717) is 11.7 Å². The van der Waals surface area contributed by atoms with Crippen molar-refractivity contribution < 1.29 is 9.90 Å². The summed E-state index contributed by atoms with van der Waals surface area (Å²) in [6.07, 6.45) is 0.178. The van der Waals surface area contributed by atoms with Gasteiger partial charge >= 0.3 is 5.97 Å². The van der Waals surface area contributed by atoms with Crippen LogP contribution in [0.15, 0.2) is 22.5 Å². The lowest BCUT2D eigenvalue weighted by Gasteiger charge is -2.03. The molecule has 0 saturated heterocycles. The van der Waals surface area contributed by atoms with Gasteiger partial charge in [0.05, 0.1) is 16.6 Å². The highest BCUT2D eigenvalue weighted by molar-refractivity contribution is 8.01. The second kappa shape index (κ2) is 5.71. The average molecular weight is 281 g/mol. The van der Waals surface area contributed by atoms with Gasteiger partial charge in [-0.3, -0.25) is 4.79 Å². The van der Waals surface area contributed by atoms with Gasteiger partial charge in [-0.25, -0.2) is 4.98 Å². The van der Waals surface area contributed by atoms with Crippen molar-refractivity contribution >= 4 is 39.3 Å². The molecule has 0 spiro atoms. The fourth-order valence-corrected chi connectivity index (χ4v) is 3.68. The van der Waals surface area contributed by atoms with Crippen LogP contribution in [0.5, 0.6) is 0 Å². The maximum Gasteiger partial charge on any atom is 0.304 e. The van der Waals surface area contributed by atoms with Crippen LogP contribution >= 0.6 is 23.1 Å². The Kier molecular flexibility index (Phi) is 4.24. The maximum absolute atomic E-state index is 10.5. The first-order valence-corrected chi connectivity index (χ1v) is 7.61. The van der Waals surface area contributed by atoms with E-state index in [4.69, 9.17) is 5.11 Å². The number of carboxylic acid groups (broad SMARTS) is 1. The van der Waals surface area contributed by atoms with Crippen LogP contribution in [0.3, 0.4) is 0 Å². The fraction of sp³-hybridized carbons (Fsp3) is 0.385. The molecule has 0 saturated carbocycles. The van der Waals surface area contributed by atoms with E-state index < -0.39 is 5.97 Å². The van der Waals surface area contributed by atoms with Gasteiger partial charge in [-0.15, -0.1) is 11.3 Å². The van der Waals surface area contributed by atoms with Gasteiger partial charge in [-0.05, 0) is 23.6 Å². The van der Waals surface area contributed by atoms with E-state index >= 15 is 0 Å². The molecule has 96 valence electrons. The van der Waals surface area contributed by atoms with E-state index in [1.165, 1.54) is 22.0 Å². The standard InChI is InChI=1S/C13H15NO2S2/c1-8(2)9-3-4-10-11(7-9)18-13(14-10)17-6-5-12(15)16/h3-4,7-8H,5-6H2,1-2H3,(H,15,16). The molecule has 0 atom stereocenters. The number of hydrogen-bond donors (Lipinski definition) is 1. The molecule has 18 heavy (non-hydrogen) atoms.